The molecule has 4 aromatic rings. The summed E-state index contributed by atoms with van der Waals surface area (Å²) in [6, 6.07) is 15.1. The number of halogens is 1. The van der Waals surface area contributed by atoms with Crippen LogP contribution in [0.4, 0.5) is 15.2 Å². The SMILES string of the molecule is Cc1sc(NC(=O)c2ccco2)c([C@H](Nc2cccc[nH+]2)c2ccccc2F)c1C. The highest BCUT2D eigenvalue weighted by Crippen LogP contribution is 2.41. The molecule has 152 valence electrons. The molecule has 0 bridgehead atoms. The number of H-pyrrole nitrogens is 1. The Bertz CT molecular complexity index is 1160. The molecule has 0 spiro atoms. The lowest BCUT2D eigenvalue weighted by Crippen LogP contribution is -2.21. The number of anilines is 2. The number of benzene rings is 1. The van der Waals surface area contributed by atoms with Crippen molar-refractivity contribution in [3.63, 3.8) is 0 Å². The highest BCUT2D eigenvalue weighted by atomic mass is 32.1. The number of amides is 1. The van der Waals surface area contributed by atoms with Gasteiger partial charge in [-0.25, -0.2) is 9.37 Å². The van der Waals surface area contributed by atoms with E-state index in [9.17, 15) is 9.18 Å². The Balaban J connectivity index is 1.80. The van der Waals surface area contributed by atoms with Gasteiger partial charge in [-0.05, 0) is 43.7 Å². The van der Waals surface area contributed by atoms with Gasteiger partial charge in [0.25, 0.3) is 11.7 Å². The average Bonchev–Trinajstić information content (AvgIpc) is 3.37. The summed E-state index contributed by atoms with van der Waals surface area (Å²) in [6.07, 6.45) is 3.25. The maximum Gasteiger partial charge on any atom is 0.291 e. The number of rotatable bonds is 6. The topological polar surface area (TPSA) is 68.4 Å². The minimum atomic E-state index is -0.512. The van der Waals surface area contributed by atoms with E-state index >= 15 is 0 Å². The molecule has 3 aromatic heterocycles. The van der Waals surface area contributed by atoms with E-state index in [1.54, 1.807) is 36.5 Å². The van der Waals surface area contributed by atoms with E-state index in [-0.39, 0.29) is 17.5 Å². The van der Waals surface area contributed by atoms with Gasteiger partial charge in [-0.3, -0.25) is 10.1 Å². The van der Waals surface area contributed by atoms with Crippen LogP contribution in [0.5, 0.6) is 0 Å². The van der Waals surface area contributed by atoms with Crippen LogP contribution in [0.2, 0.25) is 0 Å². The fraction of sp³-hybridized carbons (Fsp3) is 0.130. The standard InChI is InChI=1S/C23H20FN3O2S/c1-14-15(2)30-23(27-22(28)18-10-7-13-29-18)20(14)21(16-8-3-4-9-17(16)24)26-19-11-5-6-12-25-19/h3-13,21H,1-2H3,(H,25,26)(H,27,28)/p+1/t21-/m1/s1. The molecule has 0 saturated heterocycles. The molecule has 0 radical (unpaired) electrons. The van der Waals surface area contributed by atoms with Gasteiger partial charge in [-0.15, -0.1) is 11.3 Å². The number of hydrogen-bond donors (Lipinski definition) is 2. The quantitative estimate of drug-likeness (QED) is 0.439. The molecule has 0 fully saturated rings. The van der Waals surface area contributed by atoms with Crippen molar-refractivity contribution in [2.75, 3.05) is 10.6 Å². The zero-order chi connectivity index (χ0) is 21.1. The van der Waals surface area contributed by atoms with Crippen LogP contribution in [0.3, 0.4) is 0 Å². The maximum atomic E-state index is 14.8. The Labute approximate surface area is 177 Å². The molecular weight excluding hydrogens is 401 g/mol. The van der Waals surface area contributed by atoms with Crippen molar-refractivity contribution in [2.24, 2.45) is 0 Å². The minimum Gasteiger partial charge on any atom is -0.459 e. The first-order valence-corrected chi connectivity index (χ1v) is 10.3. The zero-order valence-electron chi connectivity index (χ0n) is 16.5. The highest BCUT2D eigenvalue weighted by molar-refractivity contribution is 7.16. The molecule has 1 aromatic carbocycles. The van der Waals surface area contributed by atoms with Gasteiger partial charge in [0.1, 0.15) is 10.8 Å². The van der Waals surface area contributed by atoms with Crippen molar-refractivity contribution in [3.8, 4) is 0 Å². The third-order valence-corrected chi connectivity index (χ3v) is 6.06. The van der Waals surface area contributed by atoms with Gasteiger partial charge in [0.2, 0.25) is 0 Å². The molecule has 0 aliphatic carbocycles. The molecular formula is C23H21FN3O2S+. The lowest BCUT2D eigenvalue weighted by atomic mass is 9.96. The predicted octanol–water partition coefficient (Wildman–Crippen LogP) is 5.36. The fourth-order valence-corrected chi connectivity index (χ4v) is 4.40. The van der Waals surface area contributed by atoms with E-state index in [4.69, 9.17) is 4.42 Å². The van der Waals surface area contributed by atoms with E-state index in [1.807, 2.05) is 32.0 Å². The average molecular weight is 423 g/mol. The lowest BCUT2D eigenvalue weighted by molar-refractivity contribution is -0.361. The Morgan fingerprint density at radius 2 is 1.90 bits per heavy atom. The summed E-state index contributed by atoms with van der Waals surface area (Å²) in [5.74, 6) is 0.285. The first-order chi connectivity index (χ1) is 14.5. The molecule has 5 nitrogen and oxygen atoms in total. The van der Waals surface area contributed by atoms with Gasteiger partial charge < -0.3 is 9.73 Å². The molecule has 0 unspecified atom stereocenters. The Morgan fingerprint density at radius 3 is 2.60 bits per heavy atom. The van der Waals surface area contributed by atoms with Crippen molar-refractivity contribution in [1.29, 1.82) is 0 Å². The Hall–Kier alpha value is -3.45. The second-order valence-electron chi connectivity index (χ2n) is 6.83. The van der Waals surface area contributed by atoms with Gasteiger partial charge in [0.05, 0.1) is 12.5 Å². The fourth-order valence-electron chi connectivity index (χ4n) is 3.31. The molecule has 3 heterocycles. The van der Waals surface area contributed by atoms with E-state index < -0.39 is 6.04 Å². The molecule has 1 atom stereocenters. The van der Waals surface area contributed by atoms with Crippen LogP contribution >= 0.6 is 11.3 Å². The second-order valence-corrected chi connectivity index (χ2v) is 8.06. The molecule has 7 heteroatoms. The van der Waals surface area contributed by atoms with Crippen LogP contribution in [-0.2, 0) is 0 Å². The highest BCUT2D eigenvalue weighted by Gasteiger charge is 2.30. The number of pyridine rings is 1. The first kappa shape index (κ1) is 19.8. The molecule has 4 rings (SSSR count). The van der Waals surface area contributed by atoms with Gasteiger partial charge in [-0.1, -0.05) is 24.3 Å². The van der Waals surface area contributed by atoms with Crippen molar-refractivity contribution >= 4 is 28.1 Å². The maximum absolute atomic E-state index is 14.8. The summed E-state index contributed by atoms with van der Waals surface area (Å²) in [7, 11) is 0. The summed E-state index contributed by atoms with van der Waals surface area (Å²) >= 11 is 1.46. The third-order valence-electron chi connectivity index (χ3n) is 4.92. The van der Waals surface area contributed by atoms with Gasteiger partial charge in [0.15, 0.2) is 11.8 Å². The molecule has 3 N–H and O–H groups in total. The summed E-state index contributed by atoms with van der Waals surface area (Å²) in [6.45, 7) is 3.97. The summed E-state index contributed by atoms with van der Waals surface area (Å²) in [5.41, 5.74) is 2.30. The van der Waals surface area contributed by atoms with Crippen LogP contribution in [0.15, 0.2) is 71.5 Å². The normalized spacial score (nSPS) is 11.8. The smallest absolute Gasteiger partial charge is 0.291 e. The molecule has 0 aliphatic rings. The van der Waals surface area contributed by atoms with Crippen LogP contribution in [-0.4, -0.2) is 5.91 Å². The predicted molar refractivity (Wildman–Crippen MR) is 115 cm³/mol. The third kappa shape index (κ3) is 3.97. The lowest BCUT2D eigenvalue weighted by Gasteiger charge is -2.18. The van der Waals surface area contributed by atoms with E-state index in [2.05, 4.69) is 15.6 Å². The Morgan fingerprint density at radius 1 is 1.10 bits per heavy atom. The number of thiophene rings is 1. The zero-order valence-corrected chi connectivity index (χ0v) is 17.3. The number of aryl methyl sites for hydroxylation is 1. The van der Waals surface area contributed by atoms with Crippen molar-refractivity contribution in [2.45, 2.75) is 19.9 Å². The molecule has 1 amide bonds. The summed E-state index contributed by atoms with van der Waals surface area (Å²) < 4.78 is 20.1. The van der Waals surface area contributed by atoms with Crippen molar-refractivity contribution in [1.82, 2.24) is 0 Å². The Kier molecular flexibility index (Phi) is 5.63. The molecule has 0 aliphatic heterocycles. The number of furan rings is 1. The number of aromatic nitrogens is 1. The monoisotopic (exact) mass is 422 g/mol. The van der Waals surface area contributed by atoms with Gasteiger partial charge in [0, 0.05) is 22.1 Å². The van der Waals surface area contributed by atoms with Crippen LogP contribution in [0, 0.1) is 19.7 Å². The number of carbonyl (C=O) groups is 1. The molecule has 30 heavy (non-hydrogen) atoms. The van der Waals surface area contributed by atoms with Gasteiger partial charge >= 0.3 is 0 Å². The van der Waals surface area contributed by atoms with E-state index in [1.165, 1.54) is 23.7 Å². The van der Waals surface area contributed by atoms with Crippen LogP contribution in [0.1, 0.15) is 38.2 Å². The first-order valence-electron chi connectivity index (χ1n) is 9.47. The number of aromatic amines is 1. The van der Waals surface area contributed by atoms with Crippen LogP contribution < -0.4 is 15.6 Å². The van der Waals surface area contributed by atoms with Crippen LogP contribution in [0.25, 0.3) is 0 Å². The number of carbonyl (C=O) groups excluding carboxylic acids is 1. The second kappa shape index (κ2) is 8.51. The van der Waals surface area contributed by atoms with E-state index in [0.717, 1.165) is 21.8 Å². The number of nitrogens with one attached hydrogen (secondary N) is 3. The molecule has 0 saturated carbocycles. The van der Waals surface area contributed by atoms with Crippen molar-refractivity contribution in [3.05, 3.63) is 100 Å². The van der Waals surface area contributed by atoms with Gasteiger partial charge in [-0.2, -0.15) is 0 Å². The minimum absolute atomic E-state index is 0.219. The summed E-state index contributed by atoms with van der Waals surface area (Å²) in [5, 5.41) is 6.99. The summed E-state index contributed by atoms with van der Waals surface area (Å²) in [4.78, 5) is 16.8. The largest absolute Gasteiger partial charge is 0.459 e. The number of hydrogen-bond acceptors (Lipinski definition) is 4. The van der Waals surface area contributed by atoms with E-state index in [0.29, 0.717) is 10.6 Å². The van der Waals surface area contributed by atoms with Crippen molar-refractivity contribution < 1.29 is 18.6 Å².